The molecule has 138 valence electrons. The van der Waals surface area contributed by atoms with Crippen molar-refractivity contribution < 1.29 is 9.18 Å². The Balaban J connectivity index is 1.50. The molecule has 1 amide bonds. The number of carbonyl (C=O) groups is 1. The molecule has 2 aromatic rings. The number of aromatic nitrogens is 3. The summed E-state index contributed by atoms with van der Waals surface area (Å²) in [6.45, 7) is 3.00. The normalized spacial score (nSPS) is 18.5. The fraction of sp³-hybridized carbons (Fsp3) is 0.526. The highest BCUT2D eigenvalue weighted by molar-refractivity contribution is 5.90. The first-order valence-electron chi connectivity index (χ1n) is 9.43. The van der Waals surface area contributed by atoms with Gasteiger partial charge in [-0.1, -0.05) is 18.2 Å². The quantitative estimate of drug-likeness (QED) is 0.892. The van der Waals surface area contributed by atoms with Crippen molar-refractivity contribution >= 4 is 5.91 Å². The summed E-state index contributed by atoms with van der Waals surface area (Å²) in [6, 6.07) is 6.67. The Morgan fingerprint density at radius 3 is 2.69 bits per heavy atom. The van der Waals surface area contributed by atoms with Crippen LogP contribution < -0.4 is 5.32 Å². The molecule has 1 aromatic heterocycles. The summed E-state index contributed by atoms with van der Waals surface area (Å²) < 4.78 is 16.3. The van der Waals surface area contributed by atoms with E-state index in [1.807, 2.05) is 16.7 Å². The molecule has 7 heteroatoms. The molecular weight excluding hydrogens is 333 g/mol. The molecule has 0 radical (unpaired) electrons. The number of amides is 1. The molecule has 1 atom stereocenters. The maximum Gasteiger partial charge on any atom is 0.289 e. The lowest BCUT2D eigenvalue weighted by molar-refractivity contribution is 0.0921. The van der Waals surface area contributed by atoms with Crippen LogP contribution in [0.5, 0.6) is 0 Å². The minimum absolute atomic E-state index is 0.161. The summed E-state index contributed by atoms with van der Waals surface area (Å²) in [7, 11) is 0. The van der Waals surface area contributed by atoms with E-state index in [9.17, 15) is 9.18 Å². The monoisotopic (exact) mass is 357 g/mol. The number of hydrogen-bond acceptors (Lipinski definition) is 4. The van der Waals surface area contributed by atoms with Crippen LogP contribution in [0.1, 0.15) is 53.7 Å². The van der Waals surface area contributed by atoms with E-state index in [1.165, 1.54) is 6.07 Å². The van der Waals surface area contributed by atoms with Gasteiger partial charge in [0.25, 0.3) is 5.91 Å². The van der Waals surface area contributed by atoms with E-state index in [1.54, 1.807) is 6.07 Å². The molecule has 0 aliphatic carbocycles. The van der Waals surface area contributed by atoms with Gasteiger partial charge in [0.05, 0.1) is 6.04 Å². The molecule has 0 spiro atoms. The number of carbonyl (C=O) groups excluding carboxylic acids is 1. The second kappa shape index (κ2) is 7.53. The van der Waals surface area contributed by atoms with Crippen LogP contribution in [0.3, 0.4) is 0 Å². The van der Waals surface area contributed by atoms with Crippen molar-refractivity contribution in [3.05, 3.63) is 47.3 Å². The van der Waals surface area contributed by atoms with Crippen LogP contribution in [0.15, 0.2) is 24.3 Å². The van der Waals surface area contributed by atoms with Gasteiger partial charge in [-0.05, 0) is 44.8 Å². The number of halogens is 1. The van der Waals surface area contributed by atoms with E-state index in [-0.39, 0.29) is 17.8 Å². The van der Waals surface area contributed by atoms with Crippen molar-refractivity contribution in [3.63, 3.8) is 0 Å². The Bertz CT molecular complexity index is 784. The number of benzene rings is 1. The van der Waals surface area contributed by atoms with Crippen LogP contribution >= 0.6 is 0 Å². The number of nitrogens with zero attached hydrogens (tertiary/aromatic N) is 4. The molecule has 1 saturated heterocycles. The van der Waals surface area contributed by atoms with Crippen LogP contribution in [-0.2, 0) is 13.0 Å². The summed E-state index contributed by atoms with van der Waals surface area (Å²) in [5, 5.41) is 11.2. The van der Waals surface area contributed by atoms with Gasteiger partial charge in [-0.15, -0.1) is 10.2 Å². The van der Waals surface area contributed by atoms with Crippen LogP contribution in [-0.4, -0.2) is 45.2 Å². The summed E-state index contributed by atoms with van der Waals surface area (Å²) in [5.41, 5.74) is 0.637. The zero-order chi connectivity index (χ0) is 17.9. The Morgan fingerprint density at radius 1 is 1.12 bits per heavy atom. The molecule has 1 aromatic carbocycles. The number of aryl methyl sites for hydroxylation is 1. The third-order valence-electron chi connectivity index (χ3n) is 5.36. The lowest BCUT2D eigenvalue weighted by Crippen LogP contribution is -2.38. The Kier molecular flexibility index (Phi) is 4.97. The number of nitrogens with one attached hydrogen (secondary N) is 1. The van der Waals surface area contributed by atoms with E-state index >= 15 is 0 Å². The molecule has 26 heavy (non-hydrogen) atoms. The predicted molar refractivity (Wildman–Crippen MR) is 95.2 cm³/mol. The molecule has 1 N–H and O–H groups in total. The first-order valence-corrected chi connectivity index (χ1v) is 9.43. The maximum atomic E-state index is 14.4. The third-order valence-corrected chi connectivity index (χ3v) is 5.36. The van der Waals surface area contributed by atoms with Gasteiger partial charge < -0.3 is 9.88 Å². The molecule has 6 nitrogen and oxygen atoms in total. The Morgan fingerprint density at radius 2 is 1.88 bits per heavy atom. The van der Waals surface area contributed by atoms with E-state index < -0.39 is 0 Å². The van der Waals surface area contributed by atoms with Crippen molar-refractivity contribution in [2.75, 3.05) is 19.6 Å². The van der Waals surface area contributed by atoms with Crippen molar-refractivity contribution in [1.82, 2.24) is 25.0 Å². The number of likely N-dealkylation sites (tertiary alicyclic amines) is 1. The second-order valence-corrected chi connectivity index (χ2v) is 7.04. The second-order valence-electron chi connectivity index (χ2n) is 7.04. The number of fused-ring (bicyclic) bond motifs is 1. The van der Waals surface area contributed by atoms with E-state index in [0.717, 1.165) is 57.6 Å². The smallest absolute Gasteiger partial charge is 0.289 e. The molecular formula is C19H24FN5O. The highest BCUT2D eigenvalue weighted by Gasteiger charge is 2.27. The van der Waals surface area contributed by atoms with Crippen LogP contribution in [0.25, 0.3) is 0 Å². The van der Waals surface area contributed by atoms with E-state index in [0.29, 0.717) is 17.9 Å². The molecule has 1 fully saturated rings. The van der Waals surface area contributed by atoms with Crippen LogP contribution in [0.2, 0.25) is 0 Å². The average Bonchev–Trinajstić information content (AvgIpc) is 3.33. The fourth-order valence-electron chi connectivity index (χ4n) is 3.98. The minimum Gasteiger partial charge on any atom is -0.347 e. The Labute approximate surface area is 152 Å². The number of rotatable bonds is 5. The van der Waals surface area contributed by atoms with Crippen LogP contribution in [0.4, 0.5) is 4.39 Å². The first kappa shape index (κ1) is 17.1. The minimum atomic E-state index is -0.230. The van der Waals surface area contributed by atoms with Gasteiger partial charge in [0.1, 0.15) is 11.6 Å². The van der Waals surface area contributed by atoms with E-state index in [4.69, 9.17) is 0 Å². The third kappa shape index (κ3) is 3.35. The SMILES string of the molecule is O=C(NC[C@@H](c1ccccc1F)N1CCCC1)c1nnc2n1CCCC2. The summed E-state index contributed by atoms with van der Waals surface area (Å²) in [4.78, 5) is 14.9. The fourth-order valence-corrected chi connectivity index (χ4v) is 3.98. The average molecular weight is 357 g/mol. The molecule has 2 aliphatic heterocycles. The van der Waals surface area contributed by atoms with Gasteiger partial charge in [0.2, 0.25) is 5.82 Å². The molecule has 4 rings (SSSR count). The lowest BCUT2D eigenvalue weighted by atomic mass is 10.0. The molecule has 0 saturated carbocycles. The van der Waals surface area contributed by atoms with Crippen molar-refractivity contribution in [2.24, 2.45) is 0 Å². The van der Waals surface area contributed by atoms with Crippen molar-refractivity contribution in [2.45, 2.75) is 44.7 Å². The first-order chi connectivity index (χ1) is 12.7. The van der Waals surface area contributed by atoms with Gasteiger partial charge in [-0.25, -0.2) is 4.39 Å². The highest BCUT2D eigenvalue weighted by Crippen LogP contribution is 2.26. The maximum absolute atomic E-state index is 14.4. The van der Waals surface area contributed by atoms with Gasteiger partial charge in [-0.3, -0.25) is 9.69 Å². The van der Waals surface area contributed by atoms with Crippen LogP contribution in [0, 0.1) is 5.82 Å². The summed E-state index contributed by atoms with van der Waals surface area (Å²) >= 11 is 0. The lowest BCUT2D eigenvalue weighted by Gasteiger charge is -2.28. The van der Waals surface area contributed by atoms with Gasteiger partial charge in [0, 0.05) is 25.1 Å². The van der Waals surface area contributed by atoms with Gasteiger partial charge in [-0.2, -0.15) is 0 Å². The predicted octanol–water partition coefficient (Wildman–Crippen LogP) is 2.32. The molecule has 0 bridgehead atoms. The van der Waals surface area contributed by atoms with Crippen molar-refractivity contribution in [3.8, 4) is 0 Å². The zero-order valence-corrected chi connectivity index (χ0v) is 14.8. The largest absolute Gasteiger partial charge is 0.347 e. The topological polar surface area (TPSA) is 63.1 Å². The number of hydrogen-bond donors (Lipinski definition) is 1. The molecule has 2 aliphatic rings. The molecule has 0 unspecified atom stereocenters. The summed E-state index contributed by atoms with van der Waals surface area (Å²) in [6.07, 6.45) is 5.21. The van der Waals surface area contributed by atoms with E-state index in [2.05, 4.69) is 20.4 Å². The van der Waals surface area contributed by atoms with Crippen molar-refractivity contribution in [1.29, 1.82) is 0 Å². The molecule has 3 heterocycles. The highest BCUT2D eigenvalue weighted by atomic mass is 19.1. The van der Waals surface area contributed by atoms with Gasteiger partial charge in [0.15, 0.2) is 0 Å². The zero-order valence-electron chi connectivity index (χ0n) is 14.8. The summed E-state index contributed by atoms with van der Waals surface area (Å²) in [5.74, 6) is 0.796. The van der Waals surface area contributed by atoms with Gasteiger partial charge >= 0.3 is 0 Å². The standard InChI is InChI=1S/C19H24FN5O/c20-15-8-2-1-7-14(15)16(24-10-5-6-11-24)13-21-19(26)18-23-22-17-9-3-4-12-25(17)18/h1-2,7-8,16H,3-6,9-13H2,(H,21,26)/t16-/m0/s1. The Hall–Kier alpha value is -2.28.